The summed E-state index contributed by atoms with van der Waals surface area (Å²) < 4.78 is 0. The van der Waals surface area contributed by atoms with Gasteiger partial charge in [-0.1, -0.05) is 52.8 Å². The fraction of sp³-hybridized carbons (Fsp3) is 0.250. The van der Waals surface area contributed by atoms with Crippen LogP contribution in [0.4, 0.5) is 0 Å². The van der Waals surface area contributed by atoms with Gasteiger partial charge in [0, 0.05) is 0 Å². The van der Waals surface area contributed by atoms with Gasteiger partial charge in [0.1, 0.15) is 0 Å². The smallest absolute Gasteiger partial charge is 0.0631 e. The summed E-state index contributed by atoms with van der Waals surface area (Å²) in [5, 5.41) is 4.79. The molecule has 0 saturated carbocycles. The Morgan fingerprint density at radius 3 is 1.04 bits per heavy atom. The Kier molecular flexibility index (Phi) is 3.35. The minimum absolute atomic E-state index is 0.403. The van der Waals surface area contributed by atoms with Gasteiger partial charge in [-0.3, -0.25) is 0 Å². The summed E-state index contributed by atoms with van der Waals surface area (Å²) in [4.78, 5) is 0. The lowest BCUT2D eigenvalue weighted by molar-refractivity contribution is 1.35. The Morgan fingerprint density at radius 2 is 0.731 bits per heavy atom. The fourth-order valence-corrected chi connectivity index (χ4v) is 7.74. The summed E-state index contributed by atoms with van der Waals surface area (Å²) in [5.41, 5.74) is 13.2. The molecule has 3 aliphatic rings. The Morgan fingerprint density at radius 1 is 0.462 bits per heavy atom. The predicted molar refractivity (Wildman–Crippen MR) is 118 cm³/mol. The quantitative estimate of drug-likeness (QED) is 0.296. The number of hydrogen-bond acceptors (Lipinski definition) is 0. The molecule has 0 aromatic heterocycles. The van der Waals surface area contributed by atoms with E-state index >= 15 is 0 Å². The molecule has 0 radical (unpaired) electrons. The molecule has 0 saturated heterocycles. The highest BCUT2D eigenvalue weighted by Crippen LogP contribution is 2.38. The molecule has 0 unspecified atom stereocenters. The summed E-state index contributed by atoms with van der Waals surface area (Å²) in [6.07, 6.45) is 0. The van der Waals surface area contributed by atoms with Crippen LogP contribution >= 0.6 is 7.92 Å². The molecule has 3 heterocycles. The highest BCUT2D eigenvalue weighted by Gasteiger charge is 2.44. The highest BCUT2D eigenvalue weighted by atomic mass is 31.1. The van der Waals surface area contributed by atoms with E-state index < -0.39 is 7.92 Å². The molecule has 0 amide bonds. The van der Waals surface area contributed by atoms with Gasteiger partial charge in [-0.2, -0.15) is 0 Å². The molecule has 0 spiro atoms. The van der Waals surface area contributed by atoms with Crippen molar-refractivity contribution in [3.05, 3.63) is 69.8 Å². The summed E-state index contributed by atoms with van der Waals surface area (Å²) >= 11 is 0. The van der Waals surface area contributed by atoms with E-state index in [4.69, 9.17) is 0 Å². The molecule has 128 valence electrons. The van der Waals surface area contributed by atoms with E-state index in [2.05, 4.69) is 77.9 Å². The van der Waals surface area contributed by atoms with Gasteiger partial charge in [0.05, 0.1) is 0 Å². The first-order valence-corrected chi connectivity index (χ1v) is 10.8. The highest BCUT2D eigenvalue weighted by molar-refractivity contribution is 7.83. The summed E-state index contributed by atoms with van der Waals surface area (Å²) in [6.45, 7) is 14.0. The van der Waals surface area contributed by atoms with E-state index in [9.17, 15) is 0 Å². The Labute approximate surface area is 158 Å². The second-order valence-electron chi connectivity index (χ2n) is 8.25. The normalized spacial score (nSPS) is 14.3. The van der Waals surface area contributed by atoms with Crippen LogP contribution in [0.25, 0.3) is 0 Å². The third-order valence-corrected chi connectivity index (χ3v) is 9.19. The second-order valence-corrected chi connectivity index (χ2v) is 10.4. The lowest BCUT2D eigenvalue weighted by Crippen LogP contribution is -2.72. The SMILES string of the molecule is Cc1cc2c(cc1C)P1c3cc(C)c(C)cc3B2c2cc(C)c(C)cc21. The Bertz CT molecular complexity index is 881. The molecule has 3 aromatic carbocycles. The van der Waals surface area contributed by atoms with Crippen LogP contribution in [0, 0.1) is 41.5 Å². The topological polar surface area (TPSA) is 0 Å². The molecule has 3 aliphatic heterocycles. The van der Waals surface area contributed by atoms with Crippen molar-refractivity contribution in [2.45, 2.75) is 41.5 Å². The van der Waals surface area contributed by atoms with Crippen LogP contribution in [0.1, 0.15) is 33.4 Å². The zero-order valence-corrected chi connectivity index (χ0v) is 17.4. The van der Waals surface area contributed by atoms with Crippen LogP contribution < -0.4 is 32.3 Å². The first-order valence-electron chi connectivity index (χ1n) is 9.50. The molecule has 3 aromatic rings. The first-order chi connectivity index (χ1) is 12.4. The monoisotopic (exact) mass is 354 g/mol. The molecule has 2 heteroatoms. The maximum Gasteiger partial charge on any atom is 0.243 e. The summed E-state index contributed by atoms with van der Waals surface area (Å²) in [7, 11) is -0.437. The van der Waals surface area contributed by atoms with Gasteiger partial charge in [-0.25, -0.2) is 0 Å². The van der Waals surface area contributed by atoms with Crippen LogP contribution in [-0.2, 0) is 0 Å². The lowest BCUT2D eigenvalue weighted by atomic mass is 9.36. The van der Waals surface area contributed by atoms with Gasteiger partial charge in [0.2, 0.25) is 6.71 Å². The van der Waals surface area contributed by atoms with Gasteiger partial charge < -0.3 is 0 Å². The standard InChI is InChI=1S/C24H24BP/c1-13-7-19-22(10-16(13)4)26-23-11-17(5)14(2)8-20(23)25(19)21-9-15(3)18(6)12-24(21)26/h7-12H,1-6H3. The average molecular weight is 354 g/mol. The van der Waals surface area contributed by atoms with Gasteiger partial charge in [-0.15, -0.1) is 0 Å². The molecule has 0 nitrogen and oxygen atoms in total. The van der Waals surface area contributed by atoms with Crippen molar-refractivity contribution in [2.24, 2.45) is 0 Å². The maximum atomic E-state index is 2.49. The molecule has 0 aliphatic carbocycles. The number of hydrogen-bond donors (Lipinski definition) is 0. The first kappa shape index (κ1) is 16.3. The van der Waals surface area contributed by atoms with E-state index in [0.29, 0.717) is 6.71 Å². The van der Waals surface area contributed by atoms with Crippen LogP contribution in [-0.4, -0.2) is 6.71 Å². The van der Waals surface area contributed by atoms with Crippen LogP contribution in [0.3, 0.4) is 0 Å². The average Bonchev–Trinajstić information content (AvgIpc) is 2.58. The van der Waals surface area contributed by atoms with E-state index in [0.717, 1.165) is 0 Å². The predicted octanol–water partition coefficient (Wildman–Crippen LogP) is 2.44. The minimum Gasteiger partial charge on any atom is -0.0631 e. The van der Waals surface area contributed by atoms with Crippen LogP contribution in [0.15, 0.2) is 36.4 Å². The third-order valence-electron chi connectivity index (χ3n) is 6.58. The third kappa shape index (κ3) is 2.01. The molecule has 26 heavy (non-hydrogen) atoms. The van der Waals surface area contributed by atoms with Crippen LogP contribution in [0.5, 0.6) is 0 Å². The van der Waals surface area contributed by atoms with Gasteiger partial charge >= 0.3 is 0 Å². The van der Waals surface area contributed by atoms with Crippen molar-refractivity contribution in [2.75, 3.05) is 0 Å². The molecule has 0 N–H and O–H groups in total. The molecule has 0 atom stereocenters. The van der Waals surface area contributed by atoms with E-state index in [1.807, 2.05) is 0 Å². The van der Waals surface area contributed by atoms with Gasteiger partial charge in [0.15, 0.2) is 0 Å². The Hall–Kier alpha value is -1.85. The molecule has 6 rings (SSSR count). The van der Waals surface area contributed by atoms with Gasteiger partial charge in [0.25, 0.3) is 0 Å². The van der Waals surface area contributed by atoms with E-state index in [1.165, 1.54) is 33.4 Å². The van der Waals surface area contributed by atoms with Crippen molar-refractivity contribution in [3.63, 3.8) is 0 Å². The Balaban J connectivity index is 1.91. The van der Waals surface area contributed by atoms with Crippen molar-refractivity contribution < 1.29 is 0 Å². The van der Waals surface area contributed by atoms with Gasteiger partial charge in [-0.05, 0) is 98.8 Å². The lowest BCUT2D eigenvalue weighted by Gasteiger charge is -2.42. The van der Waals surface area contributed by atoms with Crippen molar-refractivity contribution in [3.8, 4) is 0 Å². The molecular weight excluding hydrogens is 330 g/mol. The van der Waals surface area contributed by atoms with Crippen molar-refractivity contribution in [1.29, 1.82) is 0 Å². The number of benzene rings is 3. The maximum absolute atomic E-state index is 2.49. The largest absolute Gasteiger partial charge is 0.243 e. The van der Waals surface area contributed by atoms with Crippen LogP contribution in [0.2, 0.25) is 0 Å². The van der Waals surface area contributed by atoms with Crippen molar-refractivity contribution >= 4 is 46.9 Å². The number of rotatable bonds is 0. The van der Waals surface area contributed by atoms with E-state index in [-0.39, 0.29) is 0 Å². The molecule has 2 bridgehead atoms. The minimum atomic E-state index is -0.437. The zero-order valence-electron chi connectivity index (χ0n) is 16.5. The zero-order chi connectivity index (χ0) is 18.3. The molecular formula is C24H24BP. The fourth-order valence-electron chi connectivity index (χ4n) is 4.64. The second kappa shape index (κ2) is 5.34. The summed E-state index contributed by atoms with van der Waals surface area (Å²) in [6, 6.07) is 14.9. The van der Waals surface area contributed by atoms with E-state index in [1.54, 1.807) is 32.3 Å². The number of aryl methyl sites for hydroxylation is 6. The summed E-state index contributed by atoms with van der Waals surface area (Å²) in [5.74, 6) is 0. The van der Waals surface area contributed by atoms with Crippen molar-refractivity contribution in [1.82, 2.24) is 0 Å². The molecule has 0 fully saturated rings.